The zero-order valence-corrected chi connectivity index (χ0v) is 12.3. The summed E-state index contributed by atoms with van der Waals surface area (Å²) in [5, 5.41) is 9.08. The maximum absolute atomic E-state index is 12.4. The van der Waals surface area contributed by atoms with Gasteiger partial charge in [0.2, 0.25) is 10.0 Å². The molecule has 104 valence electrons. The molecule has 7 heteroatoms. The summed E-state index contributed by atoms with van der Waals surface area (Å²) < 4.78 is 31.1. The Morgan fingerprint density at radius 3 is 2.74 bits per heavy atom. The van der Waals surface area contributed by atoms with Crippen LogP contribution in [0.5, 0.6) is 0 Å². The minimum atomic E-state index is -3.54. The number of furan rings is 1. The first-order chi connectivity index (χ1) is 8.95. The van der Waals surface area contributed by atoms with E-state index in [1.54, 1.807) is 13.0 Å². The molecule has 0 atom stereocenters. The average Bonchev–Trinajstić information content (AvgIpc) is 2.98. The quantitative estimate of drug-likeness (QED) is 0.916. The Labute approximate surface area is 116 Å². The SMILES string of the molecule is Cc1sc(CO)cc1S(=O)(=O)N(C)Cc1ccoc1. The first kappa shape index (κ1) is 14.3. The summed E-state index contributed by atoms with van der Waals surface area (Å²) >= 11 is 1.29. The lowest BCUT2D eigenvalue weighted by molar-refractivity contribution is 0.285. The van der Waals surface area contributed by atoms with Gasteiger partial charge in [-0.2, -0.15) is 4.31 Å². The Morgan fingerprint density at radius 2 is 2.21 bits per heavy atom. The highest BCUT2D eigenvalue weighted by Gasteiger charge is 2.25. The number of aliphatic hydroxyl groups is 1. The molecule has 2 aromatic rings. The van der Waals surface area contributed by atoms with Crippen LogP contribution in [0, 0.1) is 6.92 Å². The molecule has 0 unspecified atom stereocenters. The lowest BCUT2D eigenvalue weighted by atomic mass is 10.3. The van der Waals surface area contributed by atoms with Gasteiger partial charge < -0.3 is 9.52 Å². The van der Waals surface area contributed by atoms with Crippen molar-refractivity contribution in [3.8, 4) is 0 Å². The van der Waals surface area contributed by atoms with E-state index in [4.69, 9.17) is 9.52 Å². The molecule has 0 aliphatic carbocycles. The Morgan fingerprint density at radius 1 is 1.47 bits per heavy atom. The molecule has 0 aliphatic rings. The van der Waals surface area contributed by atoms with Crippen molar-refractivity contribution >= 4 is 21.4 Å². The van der Waals surface area contributed by atoms with Gasteiger partial charge in [-0.1, -0.05) is 0 Å². The average molecular weight is 301 g/mol. The van der Waals surface area contributed by atoms with E-state index < -0.39 is 10.0 Å². The minimum Gasteiger partial charge on any atom is -0.472 e. The number of sulfonamides is 1. The van der Waals surface area contributed by atoms with Crippen LogP contribution < -0.4 is 0 Å². The molecule has 0 amide bonds. The van der Waals surface area contributed by atoms with Gasteiger partial charge in [0.1, 0.15) is 0 Å². The van der Waals surface area contributed by atoms with Crippen LogP contribution in [0.1, 0.15) is 15.3 Å². The van der Waals surface area contributed by atoms with Gasteiger partial charge >= 0.3 is 0 Å². The van der Waals surface area contributed by atoms with Crippen molar-refractivity contribution in [2.75, 3.05) is 7.05 Å². The van der Waals surface area contributed by atoms with Gasteiger partial charge in [0, 0.05) is 28.9 Å². The molecule has 0 spiro atoms. The van der Waals surface area contributed by atoms with Crippen LogP contribution in [0.3, 0.4) is 0 Å². The molecule has 1 N–H and O–H groups in total. The van der Waals surface area contributed by atoms with Crippen LogP contribution in [0.25, 0.3) is 0 Å². The molecule has 2 aromatic heterocycles. The third-order valence-corrected chi connectivity index (χ3v) is 5.85. The fraction of sp³-hybridized carbons (Fsp3) is 0.333. The highest BCUT2D eigenvalue weighted by atomic mass is 32.2. The molecule has 0 bridgehead atoms. The number of thiophene rings is 1. The molecule has 2 heterocycles. The number of hydrogen-bond acceptors (Lipinski definition) is 5. The lowest BCUT2D eigenvalue weighted by Gasteiger charge is -2.15. The fourth-order valence-electron chi connectivity index (χ4n) is 1.75. The largest absolute Gasteiger partial charge is 0.472 e. The van der Waals surface area contributed by atoms with Crippen molar-refractivity contribution in [2.45, 2.75) is 25.0 Å². The maximum atomic E-state index is 12.4. The van der Waals surface area contributed by atoms with E-state index in [0.29, 0.717) is 9.75 Å². The highest BCUT2D eigenvalue weighted by Crippen LogP contribution is 2.28. The number of hydrogen-bond donors (Lipinski definition) is 1. The third-order valence-electron chi connectivity index (χ3n) is 2.75. The number of rotatable bonds is 5. The predicted molar refractivity (Wildman–Crippen MR) is 72.3 cm³/mol. The van der Waals surface area contributed by atoms with E-state index >= 15 is 0 Å². The van der Waals surface area contributed by atoms with Gasteiger partial charge in [0.25, 0.3) is 0 Å². The second-order valence-corrected chi connectivity index (χ2v) is 7.54. The van der Waals surface area contributed by atoms with E-state index in [2.05, 4.69) is 0 Å². The van der Waals surface area contributed by atoms with Crippen LogP contribution in [-0.4, -0.2) is 24.9 Å². The van der Waals surface area contributed by atoms with Crippen molar-refractivity contribution < 1.29 is 17.9 Å². The molecular formula is C12H15NO4S2. The van der Waals surface area contributed by atoms with Crippen LogP contribution in [0.2, 0.25) is 0 Å². The summed E-state index contributed by atoms with van der Waals surface area (Å²) in [7, 11) is -2.02. The molecular weight excluding hydrogens is 286 g/mol. The van der Waals surface area contributed by atoms with Crippen molar-refractivity contribution in [2.24, 2.45) is 0 Å². The number of nitrogens with zero attached hydrogens (tertiary/aromatic N) is 1. The van der Waals surface area contributed by atoms with Crippen LogP contribution in [0.15, 0.2) is 34.0 Å². The van der Waals surface area contributed by atoms with Gasteiger partial charge in [-0.25, -0.2) is 8.42 Å². The highest BCUT2D eigenvalue weighted by molar-refractivity contribution is 7.89. The first-order valence-corrected chi connectivity index (χ1v) is 7.88. The van der Waals surface area contributed by atoms with E-state index in [0.717, 1.165) is 5.56 Å². The predicted octanol–water partition coefficient (Wildman–Crippen LogP) is 1.96. The fourth-order valence-corrected chi connectivity index (χ4v) is 4.37. The Balaban J connectivity index is 2.28. The summed E-state index contributed by atoms with van der Waals surface area (Å²) in [6.07, 6.45) is 3.03. The number of aliphatic hydroxyl groups excluding tert-OH is 1. The molecule has 2 rings (SSSR count). The summed E-state index contributed by atoms with van der Waals surface area (Å²) in [5.74, 6) is 0. The van der Waals surface area contributed by atoms with Crippen LogP contribution in [-0.2, 0) is 23.2 Å². The van der Waals surface area contributed by atoms with E-state index in [-0.39, 0.29) is 18.0 Å². The summed E-state index contributed by atoms with van der Waals surface area (Å²) in [6.45, 7) is 1.84. The maximum Gasteiger partial charge on any atom is 0.244 e. The minimum absolute atomic E-state index is 0.146. The van der Waals surface area contributed by atoms with Crippen LogP contribution in [0.4, 0.5) is 0 Å². The molecule has 0 aliphatic heterocycles. The monoisotopic (exact) mass is 301 g/mol. The normalized spacial score (nSPS) is 12.2. The second kappa shape index (κ2) is 5.46. The third kappa shape index (κ3) is 2.89. The zero-order chi connectivity index (χ0) is 14.0. The standard InChI is InChI=1S/C12H15NO4S2/c1-9-12(5-11(7-14)18-9)19(15,16)13(2)6-10-3-4-17-8-10/h3-5,8,14H,6-7H2,1-2H3. The van der Waals surface area contributed by atoms with Crippen molar-refractivity contribution in [3.05, 3.63) is 40.0 Å². The van der Waals surface area contributed by atoms with Crippen molar-refractivity contribution in [1.82, 2.24) is 4.31 Å². The summed E-state index contributed by atoms with van der Waals surface area (Å²) in [5.41, 5.74) is 0.793. The molecule has 0 saturated heterocycles. The molecule has 0 saturated carbocycles. The molecule has 0 aromatic carbocycles. The first-order valence-electron chi connectivity index (χ1n) is 5.62. The van der Waals surface area contributed by atoms with Gasteiger partial charge in [0.05, 0.1) is 24.0 Å². The molecule has 0 radical (unpaired) electrons. The molecule has 0 fully saturated rings. The van der Waals surface area contributed by atoms with E-state index in [1.165, 1.54) is 41.3 Å². The smallest absolute Gasteiger partial charge is 0.244 e. The Kier molecular flexibility index (Phi) is 4.10. The number of aryl methyl sites for hydroxylation is 1. The molecule has 5 nitrogen and oxygen atoms in total. The van der Waals surface area contributed by atoms with Gasteiger partial charge in [-0.3, -0.25) is 0 Å². The van der Waals surface area contributed by atoms with E-state index in [9.17, 15) is 8.42 Å². The van der Waals surface area contributed by atoms with Crippen molar-refractivity contribution in [3.63, 3.8) is 0 Å². The van der Waals surface area contributed by atoms with Gasteiger partial charge in [-0.15, -0.1) is 11.3 Å². The van der Waals surface area contributed by atoms with E-state index in [1.807, 2.05) is 0 Å². The van der Waals surface area contributed by atoms with Crippen molar-refractivity contribution in [1.29, 1.82) is 0 Å². The Hall–Kier alpha value is -1.15. The topological polar surface area (TPSA) is 70.8 Å². The van der Waals surface area contributed by atoms with Gasteiger partial charge in [-0.05, 0) is 19.1 Å². The lowest BCUT2D eigenvalue weighted by Crippen LogP contribution is -2.26. The molecule has 19 heavy (non-hydrogen) atoms. The summed E-state index contributed by atoms with van der Waals surface area (Å²) in [6, 6.07) is 3.26. The summed E-state index contributed by atoms with van der Waals surface area (Å²) in [4.78, 5) is 1.59. The van der Waals surface area contributed by atoms with Crippen LogP contribution >= 0.6 is 11.3 Å². The zero-order valence-electron chi connectivity index (χ0n) is 10.7. The Bertz CT molecular complexity index is 643. The second-order valence-electron chi connectivity index (χ2n) is 4.18. The van der Waals surface area contributed by atoms with Gasteiger partial charge in [0.15, 0.2) is 0 Å².